The van der Waals surface area contributed by atoms with Gasteiger partial charge in [-0.25, -0.2) is 4.79 Å². The van der Waals surface area contributed by atoms with E-state index < -0.39 is 5.97 Å². The number of carbonyl (C=O) groups is 1. The fourth-order valence-corrected chi connectivity index (χ4v) is 1.03. The standard InChI is InChI=1S/C10H19NO3/c1-4-10(5-2,6-12)7-14-9(13)8(3)11/h12H,3-7,11H2,1-2H3. The lowest BCUT2D eigenvalue weighted by Crippen LogP contribution is -2.31. The van der Waals surface area contributed by atoms with E-state index in [1.807, 2.05) is 13.8 Å². The third kappa shape index (κ3) is 3.38. The molecule has 0 rings (SSSR count). The Labute approximate surface area is 84.7 Å². The van der Waals surface area contributed by atoms with Crippen molar-refractivity contribution in [2.75, 3.05) is 13.2 Å². The molecule has 0 aromatic rings. The minimum atomic E-state index is -0.607. The summed E-state index contributed by atoms with van der Waals surface area (Å²) in [6.07, 6.45) is 1.51. The highest BCUT2D eigenvalue weighted by Crippen LogP contribution is 2.25. The van der Waals surface area contributed by atoms with Crippen molar-refractivity contribution in [2.24, 2.45) is 11.1 Å². The first-order valence-electron chi connectivity index (χ1n) is 4.73. The maximum absolute atomic E-state index is 11.0. The molecule has 0 amide bonds. The smallest absolute Gasteiger partial charge is 0.353 e. The number of ether oxygens (including phenoxy) is 1. The number of rotatable bonds is 6. The van der Waals surface area contributed by atoms with Gasteiger partial charge < -0.3 is 15.6 Å². The molecule has 3 N–H and O–H groups in total. The van der Waals surface area contributed by atoms with Crippen LogP contribution in [0, 0.1) is 5.41 Å². The Kier molecular flexibility index (Phi) is 5.23. The van der Waals surface area contributed by atoms with Gasteiger partial charge in [-0.2, -0.15) is 0 Å². The normalized spacial score (nSPS) is 11.1. The number of hydrogen-bond donors (Lipinski definition) is 2. The van der Waals surface area contributed by atoms with Crippen LogP contribution in [0.3, 0.4) is 0 Å². The average Bonchev–Trinajstić information content (AvgIpc) is 2.20. The van der Waals surface area contributed by atoms with Crippen LogP contribution in [0.1, 0.15) is 26.7 Å². The maximum atomic E-state index is 11.0. The molecule has 0 saturated carbocycles. The molecule has 0 spiro atoms. The fraction of sp³-hybridized carbons (Fsp3) is 0.700. The van der Waals surface area contributed by atoms with E-state index in [1.54, 1.807) is 0 Å². The van der Waals surface area contributed by atoms with Crippen LogP contribution in [0.5, 0.6) is 0 Å². The second-order valence-electron chi connectivity index (χ2n) is 3.47. The highest BCUT2D eigenvalue weighted by Gasteiger charge is 2.27. The third-order valence-corrected chi connectivity index (χ3v) is 2.61. The molecule has 0 heterocycles. The van der Waals surface area contributed by atoms with Crippen molar-refractivity contribution in [1.29, 1.82) is 0 Å². The number of aliphatic hydroxyl groups is 1. The first-order chi connectivity index (χ1) is 6.51. The molecule has 0 aliphatic rings. The molecule has 0 aromatic heterocycles. The van der Waals surface area contributed by atoms with Crippen LogP contribution in [-0.2, 0) is 9.53 Å². The van der Waals surface area contributed by atoms with Crippen molar-refractivity contribution in [3.63, 3.8) is 0 Å². The van der Waals surface area contributed by atoms with Crippen LogP contribution in [0.2, 0.25) is 0 Å². The minimum Gasteiger partial charge on any atom is -0.460 e. The van der Waals surface area contributed by atoms with Crippen LogP contribution in [0.4, 0.5) is 0 Å². The molecule has 0 bridgehead atoms. The van der Waals surface area contributed by atoms with Gasteiger partial charge in [0.05, 0.1) is 13.2 Å². The van der Waals surface area contributed by atoms with E-state index in [1.165, 1.54) is 0 Å². The Morgan fingerprint density at radius 3 is 2.29 bits per heavy atom. The molecule has 4 nitrogen and oxygen atoms in total. The molecule has 4 heteroatoms. The largest absolute Gasteiger partial charge is 0.460 e. The average molecular weight is 201 g/mol. The molecule has 0 radical (unpaired) electrons. The topological polar surface area (TPSA) is 72.6 Å². The van der Waals surface area contributed by atoms with Crippen molar-refractivity contribution in [3.8, 4) is 0 Å². The first kappa shape index (κ1) is 13.0. The Bertz CT molecular complexity index is 201. The van der Waals surface area contributed by atoms with Crippen molar-refractivity contribution in [1.82, 2.24) is 0 Å². The quantitative estimate of drug-likeness (QED) is 0.492. The lowest BCUT2D eigenvalue weighted by atomic mass is 9.84. The molecule has 14 heavy (non-hydrogen) atoms. The molecule has 0 fully saturated rings. The van der Waals surface area contributed by atoms with Crippen molar-refractivity contribution < 1.29 is 14.6 Å². The monoisotopic (exact) mass is 201 g/mol. The highest BCUT2D eigenvalue weighted by molar-refractivity contribution is 5.86. The van der Waals surface area contributed by atoms with Gasteiger partial charge >= 0.3 is 5.97 Å². The maximum Gasteiger partial charge on any atom is 0.353 e. The van der Waals surface area contributed by atoms with E-state index in [2.05, 4.69) is 6.58 Å². The van der Waals surface area contributed by atoms with Gasteiger partial charge in [0.15, 0.2) is 0 Å². The van der Waals surface area contributed by atoms with Gasteiger partial charge in [0.2, 0.25) is 0 Å². The van der Waals surface area contributed by atoms with Gasteiger partial charge in [-0.15, -0.1) is 0 Å². The second kappa shape index (κ2) is 5.65. The fourth-order valence-electron chi connectivity index (χ4n) is 1.03. The zero-order valence-electron chi connectivity index (χ0n) is 8.88. The van der Waals surface area contributed by atoms with Gasteiger partial charge in [-0.1, -0.05) is 20.4 Å². The van der Waals surface area contributed by atoms with E-state index in [-0.39, 0.29) is 24.3 Å². The van der Waals surface area contributed by atoms with Crippen molar-refractivity contribution in [3.05, 3.63) is 12.3 Å². The number of aliphatic hydroxyl groups excluding tert-OH is 1. The SMILES string of the molecule is C=C(N)C(=O)OCC(CC)(CC)CO. The first-order valence-corrected chi connectivity index (χ1v) is 4.73. The molecular weight excluding hydrogens is 182 g/mol. The molecule has 0 aliphatic heterocycles. The predicted octanol–water partition coefficient (Wildman–Crippen LogP) is 0.801. The van der Waals surface area contributed by atoms with Crippen LogP contribution >= 0.6 is 0 Å². The van der Waals surface area contributed by atoms with Crippen LogP contribution in [0.15, 0.2) is 12.3 Å². The summed E-state index contributed by atoms with van der Waals surface area (Å²) < 4.78 is 4.92. The van der Waals surface area contributed by atoms with Gasteiger partial charge in [-0.05, 0) is 12.8 Å². The van der Waals surface area contributed by atoms with E-state index in [4.69, 9.17) is 10.5 Å². The number of carbonyl (C=O) groups excluding carboxylic acids is 1. The summed E-state index contributed by atoms with van der Waals surface area (Å²) >= 11 is 0. The van der Waals surface area contributed by atoms with Gasteiger partial charge in [0, 0.05) is 5.41 Å². The summed E-state index contributed by atoms with van der Waals surface area (Å²) in [5.74, 6) is -0.607. The van der Waals surface area contributed by atoms with E-state index in [0.29, 0.717) is 0 Å². The summed E-state index contributed by atoms with van der Waals surface area (Å²) in [4.78, 5) is 11.0. The molecule has 0 aliphatic carbocycles. The number of nitrogens with two attached hydrogens (primary N) is 1. The van der Waals surface area contributed by atoms with Crippen LogP contribution < -0.4 is 5.73 Å². The Hall–Kier alpha value is -1.03. The molecule has 0 atom stereocenters. The lowest BCUT2D eigenvalue weighted by molar-refractivity contribution is -0.143. The Morgan fingerprint density at radius 1 is 1.50 bits per heavy atom. The predicted molar refractivity (Wildman–Crippen MR) is 54.4 cm³/mol. The van der Waals surface area contributed by atoms with Gasteiger partial charge in [-0.3, -0.25) is 0 Å². The van der Waals surface area contributed by atoms with E-state index >= 15 is 0 Å². The summed E-state index contributed by atoms with van der Waals surface area (Å²) in [6, 6.07) is 0. The van der Waals surface area contributed by atoms with Crippen LogP contribution in [0.25, 0.3) is 0 Å². The molecule has 82 valence electrons. The summed E-state index contributed by atoms with van der Waals surface area (Å²) in [5.41, 5.74) is 4.71. The van der Waals surface area contributed by atoms with Crippen molar-refractivity contribution in [2.45, 2.75) is 26.7 Å². The zero-order valence-corrected chi connectivity index (χ0v) is 8.88. The minimum absolute atomic E-state index is 0.00429. The number of hydrogen-bond acceptors (Lipinski definition) is 4. The van der Waals surface area contributed by atoms with Gasteiger partial charge in [0.1, 0.15) is 5.70 Å². The number of esters is 1. The van der Waals surface area contributed by atoms with Crippen molar-refractivity contribution >= 4 is 5.97 Å². The summed E-state index contributed by atoms with van der Waals surface area (Å²) in [6.45, 7) is 7.36. The van der Waals surface area contributed by atoms with Crippen LogP contribution in [-0.4, -0.2) is 24.3 Å². The Morgan fingerprint density at radius 2 is 2.00 bits per heavy atom. The Balaban J connectivity index is 4.19. The summed E-state index contributed by atoms with van der Waals surface area (Å²) in [7, 11) is 0. The van der Waals surface area contributed by atoms with E-state index in [9.17, 15) is 9.90 Å². The molecular formula is C10H19NO3. The third-order valence-electron chi connectivity index (χ3n) is 2.61. The molecule has 0 aromatic carbocycles. The highest BCUT2D eigenvalue weighted by atomic mass is 16.5. The molecule has 0 saturated heterocycles. The summed E-state index contributed by atoms with van der Waals surface area (Å²) in [5, 5.41) is 9.18. The molecule has 0 unspecified atom stereocenters. The van der Waals surface area contributed by atoms with Gasteiger partial charge in [0.25, 0.3) is 0 Å². The lowest BCUT2D eigenvalue weighted by Gasteiger charge is -2.28. The second-order valence-corrected chi connectivity index (χ2v) is 3.47. The zero-order chi connectivity index (χ0) is 11.2. The van der Waals surface area contributed by atoms with E-state index in [0.717, 1.165) is 12.8 Å².